The van der Waals surface area contributed by atoms with Crippen LogP contribution in [0.4, 0.5) is 4.39 Å². The first-order valence-electron chi connectivity index (χ1n) is 14.9. The van der Waals surface area contributed by atoms with Crippen molar-refractivity contribution in [1.29, 1.82) is 0 Å². The lowest BCUT2D eigenvalue weighted by atomic mass is 9.71. The molecule has 2 saturated carbocycles. The number of benzene rings is 2. The van der Waals surface area contributed by atoms with E-state index < -0.39 is 6.17 Å². The maximum atomic E-state index is 14.2. The van der Waals surface area contributed by atoms with Crippen molar-refractivity contribution in [3.05, 3.63) is 47.5 Å². The largest absolute Gasteiger partial charge is 0.494 e. The van der Waals surface area contributed by atoms with Crippen LogP contribution in [-0.4, -0.2) is 63.2 Å². The molecule has 2 aromatic carbocycles. The van der Waals surface area contributed by atoms with Gasteiger partial charge in [-0.25, -0.2) is 9.37 Å². The maximum Gasteiger partial charge on any atom is 0.254 e. The Balaban J connectivity index is 1.33. The Hall–Kier alpha value is -3.92. The molecule has 0 bridgehead atoms. The number of fused-ring (bicyclic) bond motifs is 2. The fraction of sp³-hybridized carbons (Fsp3) is 0.469. The number of nitrogens with two attached hydrogens (primary N) is 2. The van der Waals surface area contributed by atoms with Crippen molar-refractivity contribution < 1.29 is 18.7 Å². The van der Waals surface area contributed by atoms with Crippen molar-refractivity contribution in [3.63, 3.8) is 0 Å². The summed E-state index contributed by atoms with van der Waals surface area (Å²) < 4.78 is 24.4. The van der Waals surface area contributed by atoms with Crippen LogP contribution < -0.4 is 16.2 Å². The zero-order valence-corrected chi connectivity index (χ0v) is 24.1. The number of halogens is 1. The minimum absolute atomic E-state index is 0.0329. The van der Waals surface area contributed by atoms with Crippen LogP contribution in [-0.2, 0) is 18.4 Å². The van der Waals surface area contributed by atoms with E-state index in [2.05, 4.69) is 28.8 Å². The quantitative estimate of drug-likeness (QED) is 0.345. The lowest BCUT2D eigenvalue weighted by molar-refractivity contribution is -0.124. The van der Waals surface area contributed by atoms with Gasteiger partial charge in [-0.3, -0.25) is 9.59 Å². The molecule has 0 radical (unpaired) electrons. The second kappa shape index (κ2) is 10.1. The molecule has 1 saturated heterocycles. The molecule has 0 spiro atoms. The van der Waals surface area contributed by atoms with Crippen LogP contribution in [0.5, 0.6) is 5.75 Å². The topological polar surface area (TPSA) is 121 Å². The summed E-state index contributed by atoms with van der Waals surface area (Å²) >= 11 is 0. The molecular formula is C32H37FN6O3. The number of para-hydroxylation sites is 1. The van der Waals surface area contributed by atoms with Gasteiger partial charge in [-0.1, -0.05) is 18.2 Å². The van der Waals surface area contributed by atoms with E-state index in [1.807, 2.05) is 11.6 Å². The third kappa shape index (κ3) is 4.52. The first-order valence-corrected chi connectivity index (χ1v) is 14.9. The van der Waals surface area contributed by atoms with Gasteiger partial charge in [0.25, 0.3) is 5.91 Å². The monoisotopic (exact) mass is 572 g/mol. The summed E-state index contributed by atoms with van der Waals surface area (Å²) in [6.07, 6.45) is 3.10. The lowest BCUT2D eigenvalue weighted by Crippen LogP contribution is -2.50. The van der Waals surface area contributed by atoms with Crippen LogP contribution in [0.2, 0.25) is 0 Å². The maximum absolute atomic E-state index is 14.2. The van der Waals surface area contributed by atoms with Crippen LogP contribution >= 0.6 is 0 Å². The Labute approximate surface area is 243 Å². The van der Waals surface area contributed by atoms with Crippen molar-refractivity contribution in [1.82, 2.24) is 19.0 Å². The number of hydrogen-bond donors (Lipinski definition) is 2. The summed E-state index contributed by atoms with van der Waals surface area (Å²) in [6.45, 7) is 1.24. The van der Waals surface area contributed by atoms with Gasteiger partial charge in [-0.15, -0.1) is 0 Å². The molecule has 42 heavy (non-hydrogen) atoms. The van der Waals surface area contributed by atoms with Crippen LogP contribution in [0.3, 0.4) is 0 Å². The summed E-state index contributed by atoms with van der Waals surface area (Å²) in [4.78, 5) is 31.7. The number of piperidine rings is 1. The summed E-state index contributed by atoms with van der Waals surface area (Å²) in [6, 6.07) is 11.7. The van der Waals surface area contributed by atoms with E-state index in [1.165, 1.54) is 28.8 Å². The third-order valence-electron chi connectivity index (χ3n) is 9.42. The number of likely N-dealkylation sites (tertiary alicyclic amines) is 1. The van der Waals surface area contributed by atoms with Gasteiger partial charge >= 0.3 is 0 Å². The number of aromatic nitrogens is 3. The van der Waals surface area contributed by atoms with E-state index in [0.717, 1.165) is 41.8 Å². The van der Waals surface area contributed by atoms with Gasteiger partial charge < -0.3 is 30.2 Å². The smallest absolute Gasteiger partial charge is 0.254 e. The molecule has 2 amide bonds. The number of aryl methyl sites for hydroxylation is 1. The Morgan fingerprint density at radius 3 is 2.57 bits per heavy atom. The highest BCUT2D eigenvalue weighted by atomic mass is 19.1. The molecule has 220 valence electrons. The average Bonchev–Trinajstić information content (AvgIpc) is 3.59. The van der Waals surface area contributed by atoms with Crippen molar-refractivity contribution in [2.24, 2.45) is 30.4 Å². The molecule has 1 aliphatic heterocycles. The first kappa shape index (κ1) is 26.9. The first-order chi connectivity index (χ1) is 20.2. The molecule has 4 aromatic rings. The van der Waals surface area contributed by atoms with Crippen LogP contribution in [0.25, 0.3) is 33.5 Å². The van der Waals surface area contributed by atoms with Crippen molar-refractivity contribution in [2.45, 2.75) is 56.8 Å². The zero-order chi connectivity index (χ0) is 29.3. The van der Waals surface area contributed by atoms with E-state index in [1.54, 1.807) is 19.2 Å². The summed E-state index contributed by atoms with van der Waals surface area (Å²) in [7, 11) is 3.55. The number of nitrogens with zero attached hydrogens (tertiary/aromatic N) is 4. The average molecular weight is 573 g/mol. The molecule has 7 rings (SSSR count). The van der Waals surface area contributed by atoms with Gasteiger partial charge in [0.05, 0.1) is 30.4 Å². The number of imidazole rings is 1. The number of rotatable bonds is 7. The number of alkyl halides is 1. The Morgan fingerprint density at radius 2 is 1.88 bits per heavy atom. The summed E-state index contributed by atoms with van der Waals surface area (Å²) in [5.41, 5.74) is 16.9. The highest BCUT2D eigenvalue weighted by Crippen LogP contribution is 2.46. The molecule has 3 aliphatic rings. The zero-order valence-electron chi connectivity index (χ0n) is 24.1. The van der Waals surface area contributed by atoms with E-state index in [0.29, 0.717) is 35.2 Å². The van der Waals surface area contributed by atoms with E-state index in [-0.39, 0.29) is 36.7 Å². The molecule has 3 heterocycles. The fourth-order valence-corrected chi connectivity index (χ4v) is 6.96. The van der Waals surface area contributed by atoms with Gasteiger partial charge in [-0.05, 0) is 67.7 Å². The Morgan fingerprint density at radius 1 is 1.10 bits per heavy atom. The standard InChI is InChI=1S/C32H37FN6O3/c1-37-29-25(10-21(12-27(29)42-2)32(41)38-15-22(33)13-23(34)16-38)36-31(37)26-11-18-4-3-5-24(19-8-20(9-19)30(35)40)28(18)39(26)14-17-6-7-17/h3-5,10-12,17,19-20,22-23H,6-9,13-16,34H2,1-2H3,(H2,35,40)/t19?,20?,22-,23+/m0/s1. The number of methoxy groups -OCH3 is 1. The van der Waals surface area contributed by atoms with Crippen LogP contribution in [0.1, 0.15) is 53.9 Å². The molecule has 0 unspecified atom stereocenters. The molecule has 3 fully saturated rings. The normalized spacial score (nSPS) is 24.2. The van der Waals surface area contributed by atoms with Crippen LogP contribution in [0, 0.1) is 11.8 Å². The summed E-state index contributed by atoms with van der Waals surface area (Å²) in [5.74, 6) is 1.69. The second-order valence-corrected chi connectivity index (χ2v) is 12.5. The minimum Gasteiger partial charge on any atom is -0.494 e. The van der Waals surface area contributed by atoms with Gasteiger partial charge in [0.1, 0.15) is 17.4 Å². The SMILES string of the molecule is COc1cc(C(=O)N2C[C@H](N)C[C@H](F)C2)cc2nc(-c3cc4cccc(C5CC(C(N)=O)C5)c4n3CC3CC3)n(C)c12. The number of primary amides is 1. The number of carbonyl (C=O) groups is 2. The van der Waals surface area contributed by atoms with E-state index >= 15 is 0 Å². The lowest BCUT2D eigenvalue weighted by Gasteiger charge is -2.34. The van der Waals surface area contributed by atoms with E-state index in [4.69, 9.17) is 21.2 Å². The number of ether oxygens (including phenoxy) is 1. The van der Waals surface area contributed by atoms with Gasteiger partial charge in [0.15, 0.2) is 5.82 Å². The summed E-state index contributed by atoms with van der Waals surface area (Å²) in [5, 5.41) is 1.14. The van der Waals surface area contributed by atoms with Crippen molar-refractivity contribution in [3.8, 4) is 17.3 Å². The number of carbonyl (C=O) groups excluding carboxylic acids is 2. The van der Waals surface area contributed by atoms with Gasteiger partial charge in [0.2, 0.25) is 5.91 Å². The predicted octanol–water partition coefficient (Wildman–Crippen LogP) is 4.10. The highest BCUT2D eigenvalue weighted by molar-refractivity contribution is 6.00. The molecule has 4 N–H and O–H groups in total. The second-order valence-electron chi connectivity index (χ2n) is 12.5. The number of hydrogen-bond acceptors (Lipinski definition) is 5. The van der Waals surface area contributed by atoms with Crippen molar-refractivity contribution >= 4 is 33.8 Å². The molecule has 9 nitrogen and oxygen atoms in total. The minimum atomic E-state index is -1.13. The Kier molecular flexibility index (Phi) is 6.49. The number of amides is 2. The van der Waals surface area contributed by atoms with Crippen molar-refractivity contribution in [2.75, 3.05) is 20.2 Å². The third-order valence-corrected chi connectivity index (χ3v) is 9.42. The van der Waals surface area contributed by atoms with Gasteiger partial charge in [0, 0.05) is 43.0 Å². The van der Waals surface area contributed by atoms with Crippen LogP contribution in [0.15, 0.2) is 36.4 Å². The Bertz CT molecular complexity index is 1710. The fourth-order valence-electron chi connectivity index (χ4n) is 6.96. The molecule has 10 heteroatoms. The molecule has 2 aliphatic carbocycles. The van der Waals surface area contributed by atoms with E-state index in [9.17, 15) is 14.0 Å². The molecular weight excluding hydrogens is 535 g/mol. The highest BCUT2D eigenvalue weighted by Gasteiger charge is 2.36. The predicted molar refractivity (Wildman–Crippen MR) is 159 cm³/mol. The molecule has 2 atom stereocenters. The van der Waals surface area contributed by atoms with Gasteiger partial charge in [-0.2, -0.15) is 0 Å². The molecule has 2 aromatic heterocycles.